The highest BCUT2D eigenvalue weighted by Crippen LogP contribution is 2.49. The van der Waals surface area contributed by atoms with Crippen LogP contribution in [0.15, 0.2) is 35.9 Å². The van der Waals surface area contributed by atoms with E-state index in [0.717, 1.165) is 5.39 Å². The van der Waals surface area contributed by atoms with Gasteiger partial charge in [-0.1, -0.05) is 12.1 Å². The molecule has 2 aromatic carbocycles. The topological polar surface area (TPSA) is 97.8 Å². The van der Waals surface area contributed by atoms with Crippen molar-refractivity contribution >= 4 is 16.6 Å². The van der Waals surface area contributed by atoms with Crippen LogP contribution in [-0.2, 0) is 4.74 Å². The van der Waals surface area contributed by atoms with E-state index in [4.69, 9.17) is 18.9 Å². The van der Waals surface area contributed by atoms with Gasteiger partial charge >= 0.3 is 0 Å². The van der Waals surface area contributed by atoms with Gasteiger partial charge in [0.2, 0.25) is 0 Å². The monoisotopic (exact) mass is 386 g/mol. The first-order chi connectivity index (χ1) is 13.4. The summed E-state index contributed by atoms with van der Waals surface area (Å²) in [6, 6.07) is 7.00. The zero-order valence-corrected chi connectivity index (χ0v) is 16.1. The highest BCUT2D eigenvalue weighted by atomic mass is 16.6. The summed E-state index contributed by atoms with van der Waals surface area (Å²) in [5.41, 5.74) is -0.694. The Bertz CT molecular complexity index is 996. The van der Waals surface area contributed by atoms with Gasteiger partial charge in [-0.25, -0.2) is 0 Å². The quantitative estimate of drug-likeness (QED) is 0.598. The number of hydrogen-bond donors (Lipinski definition) is 2. The van der Waals surface area contributed by atoms with Gasteiger partial charge in [-0.3, -0.25) is 4.79 Å². The van der Waals surface area contributed by atoms with Crippen molar-refractivity contribution in [2.24, 2.45) is 0 Å². The predicted octanol–water partition coefficient (Wildman–Crippen LogP) is 1.87. The SMILES string of the molecule is COc1cc(C(=O)C2=C[C@@H](O)[C@@H]3O[C@]3(C)[C@@H]2O)c(OC)c2c(OC)cccc12. The average Bonchev–Trinajstić information content (AvgIpc) is 3.42. The number of carbonyl (C=O) groups excluding carboxylic acids is 1. The van der Waals surface area contributed by atoms with Gasteiger partial charge in [0.25, 0.3) is 0 Å². The molecule has 0 aromatic heterocycles. The maximum Gasteiger partial charge on any atom is 0.195 e. The third-order valence-corrected chi connectivity index (χ3v) is 5.58. The average molecular weight is 386 g/mol. The number of aliphatic hydroxyl groups excluding tert-OH is 2. The van der Waals surface area contributed by atoms with Crippen molar-refractivity contribution in [1.82, 2.24) is 0 Å². The molecule has 0 saturated carbocycles. The molecule has 0 bridgehead atoms. The van der Waals surface area contributed by atoms with Gasteiger partial charge in [0.15, 0.2) is 5.78 Å². The molecule has 0 spiro atoms. The van der Waals surface area contributed by atoms with Crippen molar-refractivity contribution in [3.8, 4) is 17.2 Å². The Morgan fingerprint density at radius 1 is 1.11 bits per heavy atom. The lowest BCUT2D eigenvalue weighted by atomic mass is 9.82. The molecule has 0 radical (unpaired) electrons. The Balaban J connectivity index is 1.92. The van der Waals surface area contributed by atoms with Crippen molar-refractivity contribution < 1.29 is 34.0 Å². The van der Waals surface area contributed by atoms with Gasteiger partial charge in [0, 0.05) is 11.0 Å². The van der Waals surface area contributed by atoms with Crippen LogP contribution in [0.25, 0.3) is 10.8 Å². The Labute approximate surface area is 162 Å². The van der Waals surface area contributed by atoms with Crippen LogP contribution < -0.4 is 14.2 Å². The fraction of sp³-hybridized carbons (Fsp3) is 0.381. The molecule has 28 heavy (non-hydrogen) atoms. The molecule has 1 fully saturated rings. The molecule has 0 amide bonds. The minimum atomic E-state index is -1.16. The van der Waals surface area contributed by atoms with Crippen molar-refractivity contribution in [1.29, 1.82) is 0 Å². The number of carbonyl (C=O) groups is 1. The Morgan fingerprint density at radius 3 is 2.46 bits per heavy atom. The second-order valence-electron chi connectivity index (χ2n) is 7.11. The van der Waals surface area contributed by atoms with E-state index in [1.54, 1.807) is 19.1 Å². The molecule has 2 aliphatic rings. The number of hydrogen-bond acceptors (Lipinski definition) is 7. The maximum absolute atomic E-state index is 13.4. The molecule has 0 unspecified atom stereocenters. The van der Waals surface area contributed by atoms with E-state index in [9.17, 15) is 15.0 Å². The van der Waals surface area contributed by atoms with E-state index in [-0.39, 0.29) is 11.1 Å². The van der Waals surface area contributed by atoms with Crippen LogP contribution in [0, 0.1) is 0 Å². The number of fused-ring (bicyclic) bond motifs is 2. The molecular formula is C21H22O7. The smallest absolute Gasteiger partial charge is 0.195 e. The Morgan fingerprint density at radius 2 is 1.82 bits per heavy atom. The third kappa shape index (κ3) is 2.51. The maximum atomic E-state index is 13.4. The van der Waals surface area contributed by atoms with Crippen molar-refractivity contribution in [2.45, 2.75) is 30.8 Å². The second-order valence-corrected chi connectivity index (χ2v) is 7.11. The zero-order chi connectivity index (χ0) is 20.2. The second kappa shape index (κ2) is 6.48. The molecule has 1 aliphatic carbocycles. The largest absolute Gasteiger partial charge is 0.496 e. The van der Waals surface area contributed by atoms with Crippen LogP contribution in [0.3, 0.4) is 0 Å². The van der Waals surface area contributed by atoms with Gasteiger partial charge in [-0.05, 0) is 25.1 Å². The van der Waals surface area contributed by atoms with Gasteiger partial charge in [0.1, 0.15) is 41.2 Å². The number of ether oxygens (including phenoxy) is 4. The summed E-state index contributed by atoms with van der Waals surface area (Å²) in [7, 11) is 4.51. The van der Waals surface area contributed by atoms with Gasteiger partial charge < -0.3 is 29.2 Å². The van der Waals surface area contributed by atoms with Crippen LogP contribution in [0.5, 0.6) is 17.2 Å². The minimum absolute atomic E-state index is 0.0679. The summed E-state index contributed by atoms with van der Waals surface area (Å²) in [5.74, 6) is 0.837. The number of benzene rings is 2. The molecule has 1 saturated heterocycles. The number of methoxy groups -OCH3 is 3. The zero-order valence-electron chi connectivity index (χ0n) is 16.1. The molecule has 4 rings (SSSR count). The van der Waals surface area contributed by atoms with Crippen LogP contribution >= 0.6 is 0 Å². The molecule has 1 aliphatic heterocycles. The molecular weight excluding hydrogens is 364 g/mol. The lowest BCUT2D eigenvalue weighted by Gasteiger charge is -2.25. The molecule has 1 heterocycles. The van der Waals surface area contributed by atoms with E-state index < -0.39 is 29.7 Å². The Hall–Kier alpha value is -2.61. The van der Waals surface area contributed by atoms with Crippen LogP contribution in [0.1, 0.15) is 17.3 Å². The molecule has 7 nitrogen and oxygen atoms in total. The summed E-state index contributed by atoms with van der Waals surface area (Å²) in [4.78, 5) is 13.4. The third-order valence-electron chi connectivity index (χ3n) is 5.58. The predicted molar refractivity (Wildman–Crippen MR) is 101 cm³/mol. The highest BCUT2D eigenvalue weighted by molar-refractivity contribution is 6.16. The summed E-state index contributed by atoms with van der Waals surface area (Å²) in [6.45, 7) is 1.67. The van der Waals surface area contributed by atoms with Gasteiger partial charge in [-0.15, -0.1) is 0 Å². The van der Waals surface area contributed by atoms with Gasteiger partial charge in [0.05, 0.1) is 32.3 Å². The number of ketones is 1. The first-order valence-electron chi connectivity index (χ1n) is 8.89. The number of Topliss-reactive ketones (excluding diaryl/α,β-unsaturated/α-hetero) is 1. The van der Waals surface area contributed by atoms with E-state index in [2.05, 4.69) is 0 Å². The van der Waals surface area contributed by atoms with Crippen molar-refractivity contribution in [3.63, 3.8) is 0 Å². The summed E-state index contributed by atoms with van der Waals surface area (Å²) in [6.07, 6.45) is -1.27. The fourth-order valence-corrected chi connectivity index (χ4v) is 3.99. The molecule has 148 valence electrons. The number of rotatable bonds is 5. The van der Waals surface area contributed by atoms with Gasteiger partial charge in [-0.2, -0.15) is 0 Å². The molecule has 4 atom stereocenters. The standard InChI is InChI=1S/C21H22O7/c1-21-19(24)12(8-13(22)20(21)28-21)17(23)11-9-15(26-3)10-6-5-7-14(25-2)16(10)18(11)27-4/h5-9,13,19-20,22,24H,1-4H3/t13-,19-,20+,21-/m1/s1. The normalized spacial score (nSPS) is 28.4. The summed E-state index contributed by atoms with van der Waals surface area (Å²) in [5, 5.41) is 22.2. The fourth-order valence-electron chi connectivity index (χ4n) is 3.99. The first-order valence-corrected chi connectivity index (χ1v) is 8.89. The van der Waals surface area contributed by atoms with Crippen LogP contribution in [0.2, 0.25) is 0 Å². The van der Waals surface area contributed by atoms with E-state index in [1.807, 2.05) is 12.1 Å². The van der Waals surface area contributed by atoms with Crippen molar-refractivity contribution in [3.05, 3.63) is 41.5 Å². The number of aliphatic hydroxyl groups is 2. The lowest BCUT2D eigenvalue weighted by Crippen LogP contribution is -2.41. The highest BCUT2D eigenvalue weighted by Gasteiger charge is 2.64. The van der Waals surface area contributed by atoms with Crippen molar-refractivity contribution in [2.75, 3.05) is 21.3 Å². The van der Waals surface area contributed by atoms with E-state index >= 15 is 0 Å². The molecule has 2 N–H and O–H groups in total. The summed E-state index contributed by atoms with van der Waals surface area (Å²) >= 11 is 0. The Kier molecular flexibility index (Phi) is 4.33. The molecule has 7 heteroatoms. The van der Waals surface area contributed by atoms with Crippen LogP contribution in [-0.4, -0.2) is 61.2 Å². The van der Waals surface area contributed by atoms with Crippen LogP contribution in [0.4, 0.5) is 0 Å². The lowest BCUT2D eigenvalue weighted by molar-refractivity contribution is 0.0854. The van der Waals surface area contributed by atoms with E-state index in [1.165, 1.54) is 27.4 Å². The summed E-state index contributed by atoms with van der Waals surface area (Å²) < 4.78 is 22.0. The molecule has 2 aromatic rings. The number of epoxide rings is 1. The minimum Gasteiger partial charge on any atom is -0.496 e. The van der Waals surface area contributed by atoms with E-state index in [0.29, 0.717) is 22.6 Å². The first kappa shape index (κ1) is 18.7.